The fourth-order valence-corrected chi connectivity index (χ4v) is 2.21. The van der Waals surface area contributed by atoms with Crippen LogP contribution in [-0.4, -0.2) is 6.54 Å². The quantitative estimate of drug-likeness (QED) is 0.868. The van der Waals surface area contributed by atoms with Crippen LogP contribution in [0.25, 0.3) is 0 Å². The molecule has 0 heterocycles. The summed E-state index contributed by atoms with van der Waals surface area (Å²) in [5, 5.41) is 12.0. The molecule has 0 amide bonds. The van der Waals surface area contributed by atoms with Gasteiger partial charge in [0.05, 0.1) is 6.07 Å². The normalized spacial score (nSPS) is 11.0. The summed E-state index contributed by atoms with van der Waals surface area (Å²) in [7, 11) is 0. The first kappa shape index (κ1) is 14.1. The first-order valence-corrected chi connectivity index (χ1v) is 6.61. The highest BCUT2D eigenvalue weighted by molar-refractivity contribution is 9.10. The van der Waals surface area contributed by atoms with Crippen molar-refractivity contribution in [3.05, 3.63) is 28.2 Å². The van der Waals surface area contributed by atoms with Gasteiger partial charge < -0.3 is 5.32 Å². The third kappa shape index (κ3) is 4.79. The minimum Gasteiger partial charge on any atom is -0.384 e. The molecule has 92 valence electrons. The molecule has 0 saturated heterocycles. The lowest BCUT2D eigenvalue weighted by Gasteiger charge is -2.24. The second-order valence-corrected chi connectivity index (χ2v) is 6.01. The minimum atomic E-state index is 0.139. The summed E-state index contributed by atoms with van der Waals surface area (Å²) in [6, 6.07) is 8.48. The van der Waals surface area contributed by atoms with Crippen LogP contribution in [0.3, 0.4) is 0 Å². The Kier molecular flexibility index (Phi) is 5.02. The third-order valence-corrected chi connectivity index (χ3v) is 3.45. The highest BCUT2D eigenvalue weighted by atomic mass is 79.9. The van der Waals surface area contributed by atoms with Crippen molar-refractivity contribution in [1.29, 1.82) is 5.26 Å². The number of nitrogens with one attached hydrogen (secondary N) is 1. The van der Waals surface area contributed by atoms with E-state index in [-0.39, 0.29) is 5.41 Å². The summed E-state index contributed by atoms with van der Waals surface area (Å²) in [4.78, 5) is 0. The van der Waals surface area contributed by atoms with Crippen molar-refractivity contribution in [3.8, 4) is 6.07 Å². The van der Waals surface area contributed by atoms with Crippen molar-refractivity contribution in [2.45, 2.75) is 33.6 Å². The van der Waals surface area contributed by atoms with Gasteiger partial charge in [0.1, 0.15) is 0 Å². The number of rotatable bonds is 5. The number of hydrogen-bond donors (Lipinski definition) is 1. The van der Waals surface area contributed by atoms with Gasteiger partial charge >= 0.3 is 0 Å². The van der Waals surface area contributed by atoms with E-state index >= 15 is 0 Å². The number of aryl methyl sites for hydroxylation is 1. The van der Waals surface area contributed by atoms with Gasteiger partial charge in [-0.3, -0.25) is 0 Å². The topological polar surface area (TPSA) is 35.8 Å². The summed E-state index contributed by atoms with van der Waals surface area (Å²) >= 11 is 3.55. The van der Waals surface area contributed by atoms with Crippen LogP contribution in [-0.2, 0) is 0 Å². The number of anilines is 1. The predicted octanol–water partition coefficient (Wildman–Crippen LogP) is 4.50. The monoisotopic (exact) mass is 294 g/mol. The highest BCUT2D eigenvalue weighted by Crippen LogP contribution is 2.27. The molecule has 0 aliphatic carbocycles. The molecule has 0 unspecified atom stereocenters. The zero-order chi connectivity index (χ0) is 12.9. The molecule has 1 N–H and O–H groups in total. The van der Waals surface area contributed by atoms with E-state index in [1.54, 1.807) is 0 Å². The van der Waals surface area contributed by atoms with Gasteiger partial charge in [-0.2, -0.15) is 5.26 Å². The van der Waals surface area contributed by atoms with E-state index in [4.69, 9.17) is 5.26 Å². The molecule has 0 aromatic heterocycles. The molecular weight excluding hydrogens is 276 g/mol. The Hall–Kier alpha value is -1.01. The Labute approximate surface area is 112 Å². The lowest BCUT2D eigenvalue weighted by Crippen LogP contribution is -2.23. The summed E-state index contributed by atoms with van der Waals surface area (Å²) in [6.07, 6.45) is 1.53. The van der Waals surface area contributed by atoms with Gasteiger partial charge in [-0.15, -0.1) is 0 Å². The van der Waals surface area contributed by atoms with Gasteiger partial charge in [-0.05, 0) is 52.4 Å². The molecule has 0 fully saturated rings. The third-order valence-electron chi connectivity index (χ3n) is 2.80. The van der Waals surface area contributed by atoms with Crippen LogP contribution < -0.4 is 5.32 Å². The van der Waals surface area contributed by atoms with Crippen LogP contribution in [0.15, 0.2) is 22.7 Å². The van der Waals surface area contributed by atoms with Crippen molar-refractivity contribution < 1.29 is 0 Å². The lowest BCUT2D eigenvalue weighted by molar-refractivity contribution is 0.364. The molecule has 17 heavy (non-hydrogen) atoms. The first-order chi connectivity index (χ1) is 7.94. The Morgan fingerprint density at radius 1 is 1.41 bits per heavy atom. The van der Waals surface area contributed by atoms with Crippen molar-refractivity contribution in [2.75, 3.05) is 11.9 Å². The Balaban J connectivity index is 2.58. The summed E-state index contributed by atoms with van der Waals surface area (Å²) in [5.41, 5.74) is 2.49. The van der Waals surface area contributed by atoms with Crippen LogP contribution >= 0.6 is 15.9 Å². The molecule has 2 nitrogen and oxygen atoms in total. The smallest absolute Gasteiger partial charge is 0.0621 e. The second kappa shape index (κ2) is 6.07. The predicted molar refractivity (Wildman–Crippen MR) is 76.0 cm³/mol. The van der Waals surface area contributed by atoms with E-state index in [1.165, 1.54) is 5.56 Å². The molecule has 0 aliphatic rings. The van der Waals surface area contributed by atoms with Crippen molar-refractivity contribution >= 4 is 21.6 Å². The number of nitrogens with zero attached hydrogens (tertiary/aromatic N) is 1. The maximum Gasteiger partial charge on any atom is 0.0621 e. The van der Waals surface area contributed by atoms with E-state index in [0.29, 0.717) is 6.42 Å². The molecule has 1 aromatic rings. The Bertz CT molecular complexity index is 419. The first-order valence-electron chi connectivity index (χ1n) is 5.81. The van der Waals surface area contributed by atoms with Gasteiger partial charge in [0.15, 0.2) is 0 Å². The maximum absolute atomic E-state index is 8.61. The fraction of sp³-hybridized carbons (Fsp3) is 0.500. The van der Waals surface area contributed by atoms with Crippen molar-refractivity contribution in [2.24, 2.45) is 5.41 Å². The van der Waals surface area contributed by atoms with Gasteiger partial charge in [-0.25, -0.2) is 0 Å². The Morgan fingerprint density at radius 2 is 2.12 bits per heavy atom. The second-order valence-electron chi connectivity index (χ2n) is 5.16. The van der Waals surface area contributed by atoms with E-state index < -0.39 is 0 Å². The van der Waals surface area contributed by atoms with Gasteiger partial charge in [-0.1, -0.05) is 19.9 Å². The highest BCUT2D eigenvalue weighted by Gasteiger charge is 2.17. The molecule has 1 rings (SSSR count). The molecule has 0 bridgehead atoms. The van der Waals surface area contributed by atoms with Gasteiger partial charge in [0.2, 0.25) is 0 Å². The minimum absolute atomic E-state index is 0.139. The van der Waals surface area contributed by atoms with Gasteiger partial charge in [0, 0.05) is 23.1 Å². The molecule has 0 aliphatic heterocycles. The summed E-state index contributed by atoms with van der Waals surface area (Å²) in [6.45, 7) is 7.31. The number of nitriles is 1. The Morgan fingerprint density at radius 3 is 2.71 bits per heavy atom. The van der Waals surface area contributed by atoms with Crippen molar-refractivity contribution in [3.63, 3.8) is 0 Å². The van der Waals surface area contributed by atoms with E-state index in [1.807, 2.05) is 0 Å². The van der Waals surface area contributed by atoms with Crippen LogP contribution in [0, 0.1) is 23.7 Å². The van der Waals surface area contributed by atoms with E-state index in [2.05, 4.69) is 66.3 Å². The molecule has 3 heteroatoms. The number of hydrogen-bond acceptors (Lipinski definition) is 2. The molecule has 0 radical (unpaired) electrons. The van der Waals surface area contributed by atoms with Crippen LogP contribution in [0.4, 0.5) is 5.69 Å². The standard InChI is InChI=1S/C14H19BrN2/c1-11-5-6-13(12(15)9-11)17-10-14(2,3)7-4-8-16/h5-6,9,17H,4,7,10H2,1-3H3. The largest absolute Gasteiger partial charge is 0.384 e. The van der Waals surface area contributed by atoms with Crippen LogP contribution in [0.1, 0.15) is 32.3 Å². The van der Waals surface area contributed by atoms with Crippen LogP contribution in [0.5, 0.6) is 0 Å². The number of halogens is 1. The molecule has 0 saturated carbocycles. The SMILES string of the molecule is Cc1ccc(NCC(C)(C)CCC#N)c(Br)c1. The average Bonchev–Trinajstić information content (AvgIpc) is 2.25. The lowest BCUT2D eigenvalue weighted by atomic mass is 9.88. The van der Waals surface area contributed by atoms with Gasteiger partial charge in [0.25, 0.3) is 0 Å². The zero-order valence-electron chi connectivity index (χ0n) is 10.7. The summed E-state index contributed by atoms with van der Waals surface area (Å²) in [5.74, 6) is 0. The fourth-order valence-electron chi connectivity index (χ4n) is 1.58. The number of benzene rings is 1. The summed E-state index contributed by atoms with van der Waals surface area (Å²) < 4.78 is 1.09. The molecule has 0 atom stereocenters. The van der Waals surface area contributed by atoms with E-state index in [0.717, 1.165) is 23.1 Å². The molecular formula is C14H19BrN2. The average molecular weight is 295 g/mol. The van der Waals surface area contributed by atoms with Crippen LogP contribution in [0.2, 0.25) is 0 Å². The molecule has 0 spiro atoms. The maximum atomic E-state index is 8.61. The van der Waals surface area contributed by atoms with Crippen molar-refractivity contribution in [1.82, 2.24) is 0 Å². The molecule has 1 aromatic carbocycles. The zero-order valence-corrected chi connectivity index (χ0v) is 12.3. The van der Waals surface area contributed by atoms with E-state index in [9.17, 15) is 0 Å².